The van der Waals surface area contributed by atoms with Gasteiger partial charge in [-0.1, -0.05) is 26.2 Å². The molecule has 0 spiro atoms. The van der Waals surface area contributed by atoms with Gasteiger partial charge >= 0.3 is 0 Å². The summed E-state index contributed by atoms with van der Waals surface area (Å²) in [7, 11) is 0. The fourth-order valence-electron chi connectivity index (χ4n) is 1.84. The largest absolute Gasteiger partial charge is 0.396 e. The first-order chi connectivity index (χ1) is 8.56. The number of hydrogen-bond acceptors (Lipinski definition) is 3. The maximum atomic E-state index is 11.7. The fourth-order valence-corrected chi connectivity index (χ4v) is 1.84. The van der Waals surface area contributed by atoms with E-state index in [1.54, 1.807) is 4.68 Å². The number of rotatable bonds is 7. The average molecular weight is 252 g/mol. The van der Waals surface area contributed by atoms with Crippen molar-refractivity contribution in [2.24, 2.45) is 0 Å². The lowest BCUT2D eigenvalue weighted by molar-refractivity contribution is -0.121. The molecule has 0 fully saturated rings. The zero-order chi connectivity index (χ0) is 13.5. The second-order valence-corrected chi connectivity index (χ2v) is 4.65. The number of nitrogen functional groups attached to an aromatic ring is 1. The fraction of sp³-hybridized carbons (Fsp3) is 0.692. The monoisotopic (exact) mass is 252 g/mol. The smallest absolute Gasteiger partial charge is 0.241 e. The second-order valence-electron chi connectivity index (χ2n) is 4.65. The minimum Gasteiger partial charge on any atom is -0.396 e. The molecule has 0 bridgehead atoms. The molecule has 0 saturated heterocycles. The van der Waals surface area contributed by atoms with Crippen molar-refractivity contribution >= 4 is 11.6 Å². The molecule has 1 heterocycles. The quantitative estimate of drug-likeness (QED) is 0.726. The van der Waals surface area contributed by atoms with Gasteiger partial charge in [0.15, 0.2) is 0 Å². The number of nitrogens with two attached hydrogens (primary N) is 1. The summed E-state index contributed by atoms with van der Waals surface area (Å²) in [5.74, 6) is -0.00269. The summed E-state index contributed by atoms with van der Waals surface area (Å²) in [6.07, 6.45) is 4.64. The van der Waals surface area contributed by atoms with Crippen molar-refractivity contribution < 1.29 is 4.79 Å². The number of aryl methyl sites for hydroxylation is 1. The van der Waals surface area contributed by atoms with E-state index in [2.05, 4.69) is 17.3 Å². The molecule has 0 atom stereocenters. The number of carbonyl (C=O) groups excluding carboxylic acids is 1. The molecular weight excluding hydrogens is 228 g/mol. The van der Waals surface area contributed by atoms with E-state index in [0.29, 0.717) is 5.69 Å². The van der Waals surface area contributed by atoms with E-state index in [9.17, 15) is 4.79 Å². The van der Waals surface area contributed by atoms with Crippen molar-refractivity contribution in [1.82, 2.24) is 15.1 Å². The van der Waals surface area contributed by atoms with Crippen molar-refractivity contribution in [2.45, 2.75) is 53.0 Å². The molecule has 0 aliphatic heterocycles. The van der Waals surface area contributed by atoms with E-state index >= 15 is 0 Å². The van der Waals surface area contributed by atoms with Crippen LogP contribution in [-0.2, 0) is 11.3 Å². The number of carbonyl (C=O) groups is 1. The van der Waals surface area contributed by atoms with Gasteiger partial charge in [-0.15, -0.1) is 0 Å². The van der Waals surface area contributed by atoms with Crippen molar-refractivity contribution in [3.05, 3.63) is 11.4 Å². The summed E-state index contributed by atoms with van der Waals surface area (Å²) in [6.45, 7) is 6.89. The van der Waals surface area contributed by atoms with Crippen LogP contribution in [0.15, 0.2) is 0 Å². The van der Waals surface area contributed by atoms with Crippen molar-refractivity contribution in [1.29, 1.82) is 0 Å². The normalized spacial score (nSPS) is 10.6. The lowest BCUT2D eigenvalue weighted by atomic mass is 10.2. The van der Waals surface area contributed by atoms with Crippen LogP contribution in [0.1, 0.15) is 44.0 Å². The van der Waals surface area contributed by atoms with Crippen LogP contribution in [0.4, 0.5) is 5.69 Å². The predicted molar refractivity (Wildman–Crippen MR) is 73.3 cm³/mol. The van der Waals surface area contributed by atoms with E-state index in [1.807, 2.05) is 13.8 Å². The Morgan fingerprint density at radius 2 is 2.06 bits per heavy atom. The summed E-state index contributed by atoms with van der Waals surface area (Å²) >= 11 is 0. The molecule has 0 unspecified atom stereocenters. The number of hydrogen-bond donors (Lipinski definition) is 2. The summed E-state index contributed by atoms with van der Waals surface area (Å²) in [4.78, 5) is 11.7. The molecule has 1 amide bonds. The molecule has 3 N–H and O–H groups in total. The van der Waals surface area contributed by atoms with Gasteiger partial charge in [-0.3, -0.25) is 9.48 Å². The highest BCUT2D eigenvalue weighted by molar-refractivity contribution is 5.75. The van der Waals surface area contributed by atoms with E-state index in [0.717, 1.165) is 24.4 Å². The highest BCUT2D eigenvalue weighted by Gasteiger charge is 2.10. The molecule has 5 nitrogen and oxygen atoms in total. The van der Waals surface area contributed by atoms with Gasteiger partial charge in [0.1, 0.15) is 6.54 Å². The standard InChI is InChI=1S/C13H24N4O/c1-4-5-6-7-8-15-12(18)9-17-11(3)13(14)10(2)16-17/h4-9,14H2,1-3H3,(H,15,18). The maximum absolute atomic E-state index is 11.7. The molecule has 1 aromatic rings. The van der Waals surface area contributed by atoms with E-state index in [1.165, 1.54) is 19.3 Å². The summed E-state index contributed by atoms with van der Waals surface area (Å²) in [5.41, 5.74) is 8.13. The summed E-state index contributed by atoms with van der Waals surface area (Å²) in [5, 5.41) is 7.14. The first kappa shape index (κ1) is 14.5. The van der Waals surface area contributed by atoms with Crippen LogP contribution in [0.5, 0.6) is 0 Å². The van der Waals surface area contributed by atoms with Gasteiger partial charge in [-0.25, -0.2) is 0 Å². The number of anilines is 1. The molecule has 0 radical (unpaired) electrons. The van der Waals surface area contributed by atoms with Crippen LogP contribution < -0.4 is 11.1 Å². The van der Waals surface area contributed by atoms with Crippen LogP contribution in [0.3, 0.4) is 0 Å². The van der Waals surface area contributed by atoms with Crippen LogP contribution in [0.2, 0.25) is 0 Å². The Morgan fingerprint density at radius 3 is 2.61 bits per heavy atom. The maximum Gasteiger partial charge on any atom is 0.241 e. The number of nitrogens with zero attached hydrogens (tertiary/aromatic N) is 2. The molecule has 0 aliphatic carbocycles. The van der Waals surface area contributed by atoms with Crippen molar-refractivity contribution in [3.8, 4) is 0 Å². The molecule has 1 aromatic heterocycles. The molecule has 0 aromatic carbocycles. The van der Waals surface area contributed by atoms with Crippen LogP contribution in [-0.4, -0.2) is 22.2 Å². The van der Waals surface area contributed by atoms with Gasteiger partial charge in [0.05, 0.1) is 17.1 Å². The highest BCUT2D eigenvalue weighted by Crippen LogP contribution is 2.14. The topological polar surface area (TPSA) is 72.9 Å². The van der Waals surface area contributed by atoms with Crippen LogP contribution >= 0.6 is 0 Å². The third kappa shape index (κ3) is 4.05. The number of aromatic nitrogens is 2. The summed E-state index contributed by atoms with van der Waals surface area (Å²) in [6, 6.07) is 0. The average Bonchev–Trinajstić information content (AvgIpc) is 2.57. The molecule has 5 heteroatoms. The van der Waals surface area contributed by atoms with Crippen LogP contribution in [0, 0.1) is 13.8 Å². The number of nitrogens with one attached hydrogen (secondary N) is 1. The van der Waals surface area contributed by atoms with E-state index in [4.69, 9.17) is 5.73 Å². The lowest BCUT2D eigenvalue weighted by Crippen LogP contribution is -2.29. The molecular formula is C13H24N4O. The Kier molecular flexibility index (Phi) is 5.68. The van der Waals surface area contributed by atoms with Crippen LogP contribution in [0.25, 0.3) is 0 Å². The van der Waals surface area contributed by atoms with Gasteiger partial charge < -0.3 is 11.1 Å². The minimum atomic E-state index is -0.00269. The number of amides is 1. The summed E-state index contributed by atoms with van der Waals surface area (Å²) < 4.78 is 1.66. The third-order valence-electron chi connectivity index (χ3n) is 3.08. The second kappa shape index (κ2) is 7.03. The van der Waals surface area contributed by atoms with Gasteiger partial charge in [-0.2, -0.15) is 5.10 Å². The first-order valence-corrected chi connectivity index (χ1v) is 6.62. The van der Waals surface area contributed by atoms with Crippen molar-refractivity contribution in [3.63, 3.8) is 0 Å². The Labute approximate surface area is 109 Å². The highest BCUT2D eigenvalue weighted by atomic mass is 16.2. The van der Waals surface area contributed by atoms with Gasteiger partial charge in [0.25, 0.3) is 0 Å². The third-order valence-corrected chi connectivity index (χ3v) is 3.08. The SMILES string of the molecule is CCCCCCNC(=O)Cn1nc(C)c(N)c1C. The Hall–Kier alpha value is -1.52. The first-order valence-electron chi connectivity index (χ1n) is 6.62. The predicted octanol–water partition coefficient (Wildman–Crippen LogP) is 1.78. The molecule has 1 rings (SSSR count). The lowest BCUT2D eigenvalue weighted by Gasteiger charge is -2.06. The zero-order valence-corrected chi connectivity index (χ0v) is 11.6. The molecule has 0 aliphatic rings. The van der Waals surface area contributed by atoms with E-state index < -0.39 is 0 Å². The number of unbranched alkanes of at least 4 members (excludes halogenated alkanes) is 3. The van der Waals surface area contributed by atoms with Gasteiger partial charge in [-0.05, 0) is 20.3 Å². The zero-order valence-electron chi connectivity index (χ0n) is 11.6. The molecule has 102 valence electrons. The van der Waals surface area contributed by atoms with E-state index in [-0.39, 0.29) is 12.5 Å². The molecule has 0 saturated carbocycles. The Bertz CT molecular complexity index is 398. The molecule has 18 heavy (non-hydrogen) atoms. The Morgan fingerprint density at radius 1 is 1.33 bits per heavy atom. The van der Waals surface area contributed by atoms with Gasteiger partial charge in [0, 0.05) is 6.54 Å². The van der Waals surface area contributed by atoms with Gasteiger partial charge in [0.2, 0.25) is 5.91 Å². The van der Waals surface area contributed by atoms with Crippen molar-refractivity contribution in [2.75, 3.05) is 12.3 Å². The Balaban J connectivity index is 2.33. The minimum absolute atomic E-state index is 0.00269.